The van der Waals surface area contributed by atoms with Crippen molar-refractivity contribution >= 4 is 28.9 Å². The molecule has 0 aliphatic rings. The second kappa shape index (κ2) is 9.09. The van der Waals surface area contributed by atoms with Gasteiger partial charge < -0.3 is 10.4 Å². The number of amides is 2. The van der Waals surface area contributed by atoms with Crippen LogP contribution in [0.15, 0.2) is 12.1 Å². The molecule has 3 rings (SSSR count). The number of nitrogens with zero attached hydrogens (tertiary/aromatic N) is 6. The summed E-state index contributed by atoms with van der Waals surface area (Å²) in [5, 5.41) is 16.8. The van der Waals surface area contributed by atoms with Crippen LogP contribution in [0.5, 0.6) is 0 Å². The highest BCUT2D eigenvalue weighted by Gasteiger charge is 2.30. The number of terminal acetylenes is 1. The van der Waals surface area contributed by atoms with Crippen LogP contribution in [-0.2, 0) is 11.8 Å². The number of carboxylic acid groups (broad SMARTS) is 1. The second-order valence-electron chi connectivity index (χ2n) is 9.43. The van der Waals surface area contributed by atoms with Crippen molar-refractivity contribution in [3.8, 4) is 23.6 Å². The summed E-state index contributed by atoms with van der Waals surface area (Å²) < 4.78 is 1.70. The first kappa shape index (κ1) is 24.6. The molecule has 0 fully saturated rings. The predicted molar refractivity (Wildman–Crippen MR) is 129 cm³/mol. The number of aryl methyl sites for hydroxylation is 3. The van der Waals surface area contributed by atoms with E-state index in [9.17, 15) is 14.7 Å². The fraction of sp³-hybridized carbons (Fsp3) is 0.417. The van der Waals surface area contributed by atoms with E-state index >= 15 is 0 Å². The Labute approximate surface area is 198 Å². The van der Waals surface area contributed by atoms with Crippen molar-refractivity contribution in [1.29, 1.82) is 0 Å². The number of aromatic nitrogens is 5. The van der Waals surface area contributed by atoms with E-state index in [2.05, 4.69) is 31.3 Å². The summed E-state index contributed by atoms with van der Waals surface area (Å²) in [6.45, 7) is 11.1. The number of carbonyl (C=O) groups is 2. The van der Waals surface area contributed by atoms with E-state index in [1.54, 1.807) is 30.8 Å². The van der Waals surface area contributed by atoms with Crippen LogP contribution in [0, 0.1) is 31.6 Å². The van der Waals surface area contributed by atoms with E-state index in [0.29, 0.717) is 22.8 Å². The summed E-state index contributed by atoms with van der Waals surface area (Å²) in [6, 6.07) is 2.42. The molecule has 0 bridgehead atoms. The minimum atomic E-state index is -1.17. The number of anilines is 1. The lowest BCUT2D eigenvalue weighted by molar-refractivity contribution is -0.120. The van der Waals surface area contributed by atoms with Gasteiger partial charge in [0.25, 0.3) is 0 Å². The number of hydrogen-bond acceptors (Lipinski definition) is 6. The first-order valence-corrected chi connectivity index (χ1v) is 10.8. The van der Waals surface area contributed by atoms with Gasteiger partial charge in [-0.1, -0.05) is 26.7 Å². The van der Waals surface area contributed by atoms with E-state index in [1.807, 2.05) is 27.7 Å². The van der Waals surface area contributed by atoms with Crippen LogP contribution >= 0.6 is 0 Å². The molecule has 3 heterocycles. The third-order valence-corrected chi connectivity index (χ3v) is 5.20. The summed E-state index contributed by atoms with van der Waals surface area (Å²) >= 11 is 0. The molecular formula is C24H29N7O3. The van der Waals surface area contributed by atoms with Crippen LogP contribution in [-0.4, -0.2) is 59.3 Å². The van der Waals surface area contributed by atoms with E-state index in [0.717, 1.165) is 21.6 Å². The summed E-state index contributed by atoms with van der Waals surface area (Å²) in [5.41, 5.74) is 3.44. The predicted octanol–water partition coefficient (Wildman–Crippen LogP) is 3.38. The second-order valence-corrected chi connectivity index (χ2v) is 9.43. The highest BCUT2D eigenvalue weighted by Crippen LogP contribution is 2.29. The third-order valence-electron chi connectivity index (χ3n) is 5.20. The van der Waals surface area contributed by atoms with Gasteiger partial charge in [0.05, 0.1) is 5.69 Å². The van der Waals surface area contributed by atoms with Gasteiger partial charge in [-0.2, -0.15) is 5.10 Å². The van der Waals surface area contributed by atoms with Gasteiger partial charge in [0.15, 0.2) is 0 Å². The molecule has 10 nitrogen and oxygen atoms in total. The molecule has 2 amide bonds. The molecule has 0 saturated heterocycles. The van der Waals surface area contributed by atoms with Crippen molar-refractivity contribution in [2.75, 3.05) is 11.9 Å². The van der Waals surface area contributed by atoms with Crippen molar-refractivity contribution < 1.29 is 14.7 Å². The number of nitrogens with one attached hydrogen (secondary N) is 1. The molecule has 3 aromatic heterocycles. The average molecular weight is 464 g/mol. The number of hydrogen-bond donors (Lipinski definition) is 2. The van der Waals surface area contributed by atoms with Gasteiger partial charge in [0.2, 0.25) is 5.91 Å². The Morgan fingerprint density at radius 3 is 2.50 bits per heavy atom. The van der Waals surface area contributed by atoms with Gasteiger partial charge in [-0.15, -0.1) is 6.42 Å². The largest absolute Gasteiger partial charge is 0.465 e. The molecule has 0 spiro atoms. The first-order valence-electron chi connectivity index (χ1n) is 10.8. The van der Waals surface area contributed by atoms with E-state index < -0.39 is 18.0 Å². The number of rotatable bonds is 5. The van der Waals surface area contributed by atoms with Gasteiger partial charge in [-0.05, 0) is 38.3 Å². The standard InChI is InChI=1S/C24H29N7O3/c1-9-17-10-16(20-21-19(25-15(4)26-20)13(2)29-30(21)8)11-18(27-17)28-22(32)14(3)31(23(33)34)12-24(5,6)7/h1,10-11,14H,12H2,2-8H3,(H,33,34)(H,27,28,32). The molecule has 0 saturated carbocycles. The topological polar surface area (TPSA) is 126 Å². The zero-order valence-corrected chi connectivity index (χ0v) is 20.5. The Morgan fingerprint density at radius 2 is 1.91 bits per heavy atom. The average Bonchev–Trinajstić information content (AvgIpc) is 3.03. The highest BCUT2D eigenvalue weighted by atomic mass is 16.4. The molecular weight excluding hydrogens is 434 g/mol. The Morgan fingerprint density at radius 1 is 1.24 bits per heavy atom. The smallest absolute Gasteiger partial charge is 0.407 e. The number of carbonyl (C=O) groups excluding carboxylic acids is 1. The molecule has 0 aliphatic carbocycles. The van der Waals surface area contributed by atoms with E-state index in [1.165, 1.54) is 6.92 Å². The maximum Gasteiger partial charge on any atom is 0.407 e. The fourth-order valence-corrected chi connectivity index (χ4v) is 3.71. The zero-order valence-electron chi connectivity index (χ0n) is 20.5. The van der Waals surface area contributed by atoms with Gasteiger partial charge in [-0.25, -0.2) is 19.7 Å². The number of fused-ring (bicyclic) bond motifs is 1. The van der Waals surface area contributed by atoms with Crippen LogP contribution in [0.4, 0.5) is 10.6 Å². The third kappa shape index (κ3) is 5.14. The van der Waals surface area contributed by atoms with E-state index in [4.69, 9.17) is 6.42 Å². The lowest BCUT2D eigenvalue weighted by Gasteiger charge is -2.31. The molecule has 0 radical (unpaired) electrons. The van der Waals surface area contributed by atoms with Crippen LogP contribution in [0.2, 0.25) is 0 Å². The lowest BCUT2D eigenvalue weighted by atomic mass is 9.95. The normalized spacial score (nSPS) is 12.3. The summed E-state index contributed by atoms with van der Waals surface area (Å²) in [5.74, 6) is 2.75. The van der Waals surface area contributed by atoms with Gasteiger partial charge in [0.1, 0.15) is 40.1 Å². The lowest BCUT2D eigenvalue weighted by Crippen LogP contribution is -2.48. The van der Waals surface area contributed by atoms with Crippen molar-refractivity contribution in [2.45, 2.75) is 47.6 Å². The maximum atomic E-state index is 13.0. The van der Waals surface area contributed by atoms with Crippen LogP contribution in [0.1, 0.15) is 44.9 Å². The monoisotopic (exact) mass is 463 g/mol. The molecule has 10 heteroatoms. The SMILES string of the molecule is C#Cc1cc(-c2nc(C)nc3c(C)nn(C)c23)cc(NC(=O)C(C)N(CC(C)(C)C)C(=O)O)n1. The quantitative estimate of drug-likeness (QED) is 0.556. The van der Waals surface area contributed by atoms with Crippen molar-refractivity contribution in [3.05, 3.63) is 29.3 Å². The minimum absolute atomic E-state index is 0.192. The fourth-order valence-electron chi connectivity index (χ4n) is 3.71. The van der Waals surface area contributed by atoms with Gasteiger partial charge >= 0.3 is 6.09 Å². The molecule has 1 atom stereocenters. The van der Waals surface area contributed by atoms with Crippen LogP contribution in [0.3, 0.4) is 0 Å². The summed E-state index contributed by atoms with van der Waals surface area (Å²) in [6.07, 6.45) is 4.46. The Hall–Kier alpha value is -4.00. The molecule has 178 valence electrons. The minimum Gasteiger partial charge on any atom is -0.465 e. The van der Waals surface area contributed by atoms with Gasteiger partial charge in [0, 0.05) is 19.2 Å². The van der Waals surface area contributed by atoms with Crippen LogP contribution in [0.25, 0.3) is 22.3 Å². The van der Waals surface area contributed by atoms with Crippen LogP contribution < -0.4 is 5.32 Å². The first-order chi connectivity index (χ1) is 15.8. The summed E-state index contributed by atoms with van der Waals surface area (Å²) in [7, 11) is 1.81. The Balaban J connectivity index is 2.02. The van der Waals surface area contributed by atoms with Crippen molar-refractivity contribution in [1.82, 2.24) is 29.6 Å². The molecule has 1 unspecified atom stereocenters. The highest BCUT2D eigenvalue weighted by molar-refractivity contribution is 5.97. The van der Waals surface area contributed by atoms with Gasteiger partial charge in [-0.3, -0.25) is 14.4 Å². The molecule has 34 heavy (non-hydrogen) atoms. The Kier molecular flexibility index (Phi) is 6.59. The van der Waals surface area contributed by atoms with Crippen molar-refractivity contribution in [2.24, 2.45) is 12.5 Å². The molecule has 0 aromatic carbocycles. The summed E-state index contributed by atoms with van der Waals surface area (Å²) in [4.78, 5) is 39.3. The molecule has 2 N–H and O–H groups in total. The Bertz CT molecular complexity index is 1310. The molecule has 0 aliphatic heterocycles. The molecule has 3 aromatic rings. The van der Waals surface area contributed by atoms with E-state index in [-0.39, 0.29) is 17.8 Å². The zero-order chi connectivity index (χ0) is 25.4. The van der Waals surface area contributed by atoms with Crippen molar-refractivity contribution in [3.63, 3.8) is 0 Å². The maximum absolute atomic E-state index is 13.0. The number of pyridine rings is 1.